The third-order valence-electron chi connectivity index (χ3n) is 6.17. The molecule has 0 radical (unpaired) electrons. The number of carbonyl (C=O) groups excluding carboxylic acids is 2. The Labute approximate surface area is 220 Å². The summed E-state index contributed by atoms with van der Waals surface area (Å²) < 4.78 is 7.14. The number of amides is 2. The van der Waals surface area contributed by atoms with Gasteiger partial charge in [0, 0.05) is 11.9 Å². The standard InChI is InChI=1S/C29H28N6O3/c1-29(2,3)38-28(37)32-22-17-31-21-12-6-9-15-26(21)34(27(22)36)18-23-20-11-5-8-14-25(20)35(33-23)24-13-7-4-10-19(24)16-30/h4-15,22,31H,17-18H2,1-3H3,(H,32,37)/t22-/m0/s1. The second-order valence-corrected chi connectivity index (χ2v) is 10.0. The molecule has 3 aromatic carbocycles. The van der Waals surface area contributed by atoms with Crippen LogP contribution in [0.2, 0.25) is 0 Å². The molecule has 4 aromatic rings. The van der Waals surface area contributed by atoms with E-state index in [2.05, 4.69) is 16.7 Å². The van der Waals surface area contributed by atoms with Crippen molar-refractivity contribution in [2.24, 2.45) is 0 Å². The Kier molecular flexibility index (Phi) is 6.47. The number of benzene rings is 3. The zero-order valence-electron chi connectivity index (χ0n) is 21.4. The zero-order chi connectivity index (χ0) is 26.9. The smallest absolute Gasteiger partial charge is 0.408 e. The summed E-state index contributed by atoms with van der Waals surface area (Å²) in [6.45, 7) is 5.68. The van der Waals surface area contributed by atoms with Crippen LogP contribution in [0.25, 0.3) is 16.6 Å². The van der Waals surface area contributed by atoms with Crippen molar-refractivity contribution >= 4 is 34.3 Å². The van der Waals surface area contributed by atoms with Crippen LogP contribution in [0.1, 0.15) is 32.0 Å². The lowest BCUT2D eigenvalue weighted by Gasteiger charge is -2.26. The van der Waals surface area contributed by atoms with E-state index in [9.17, 15) is 14.9 Å². The maximum atomic E-state index is 13.9. The molecule has 1 aliphatic rings. The van der Waals surface area contributed by atoms with Gasteiger partial charge in [-0.15, -0.1) is 0 Å². The number of alkyl carbamates (subject to hydrolysis) is 1. The van der Waals surface area contributed by atoms with Gasteiger partial charge in [-0.1, -0.05) is 42.5 Å². The number of hydrogen-bond acceptors (Lipinski definition) is 6. The summed E-state index contributed by atoms with van der Waals surface area (Å²) in [5.41, 5.74) is 3.39. The summed E-state index contributed by atoms with van der Waals surface area (Å²) >= 11 is 0. The summed E-state index contributed by atoms with van der Waals surface area (Å²) in [4.78, 5) is 28.0. The highest BCUT2D eigenvalue weighted by atomic mass is 16.6. The van der Waals surface area contributed by atoms with Crippen molar-refractivity contribution in [2.45, 2.75) is 39.0 Å². The predicted octanol–water partition coefficient (Wildman–Crippen LogP) is 4.75. The molecule has 0 unspecified atom stereocenters. The van der Waals surface area contributed by atoms with Crippen molar-refractivity contribution < 1.29 is 14.3 Å². The first-order chi connectivity index (χ1) is 18.2. The number of ether oxygens (including phenoxy) is 1. The Morgan fingerprint density at radius 3 is 2.53 bits per heavy atom. The monoisotopic (exact) mass is 508 g/mol. The van der Waals surface area contributed by atoms with Crippen molar-refractivity contribution in [2.75, 3.05) is 16.8 Å². The molecule has 0 saturated carbocycles. The lowest BCUT2D eigenvalue weighted by molar-refractivity contribution is -0.120. The summed E-state index contributed by atoms with van der Waals surface area (Å²) in [5, 5.41) is 21.4. The van der Waals surface area contributed by atoms with Gasteiger partial charge in [-0.05, 0) is 51.1 Å². The Morgan fingerprint density at radius 2 is 1.76 bits per heavy atom. The number of fused-ring (bicyclic) bond motifs is 2. The number of hydrogen-bond donors (Lipinski definition) is 2. The van der Waals surface area contributed by atoms with Crippen molar-refractivity contribution in [1.82, 2.24) is 15.1 Å². The van der Waals surface area contributed by atoms with E-state index in [1.807, 2.05) is 66.7 Å². The third kappa shape index (κ3) is 4.89. The van der Waals surface area contributed by atoms with Crippen LogP contribution in [0.15, 0.2) is 72.8 Å². The SMILES string of the molecule is CC(C)(C)OC(=O)N[C@H]1CNc2ccccc2N(Cc2nn(-c3ccccc3C#N)c3ccccc23)C1=O. The zero-order valence-corrected chi connectivity index (χ0v) is 21.4. The van der Waals surface area contributed by atoms with E-state index in [4.69, 9.17) is 9.84 Å². The molecular weight excluding hydrogens is 480 g/mol. The largest absolute Gasteiger partial charge is 0.444 e. The second-order valence-electron chi connectivity index (χ2n) is 10.0. The fourth-order valence-electron chi connectivity index (χ4n) is 4.52. The van der Waals surface area contributed by atoms with Crippen LogP contribution >= 0.6 is 0 Å². The number of aromatic nitrogens is 2. The number of rotatable bonds is 4. The van der Waals surface area contributed by atoms with Gasteiger partial charge in [0.25, 0.3) is 5.91 Å². The van der Waals surface area contributed by atoms with Crippen LogP contribution in [0.5, 0.6) is 0 Å². The highest BCUT2D eigenvalue weighted by Crippen LogP contribution is 2.32. The van der Waals surface area contributed by atoms with Crippen LogP contribution in [-0.2, 0) is 16.1 Å². The second kappa shape index (κ2) is 9.90. The maximum absolute atomic E-state index is 13.9. The Morgan fingerprint density at radius 1 is 1.08 bits per heavy atom. The first kappa shape index (κ1) is 24.8. The molecular formula is C29H28N6O3. The number of nitrogens with zero attached hydrogens (tertiary/aromatic N) is 4. The summed E-state index contributed by atoms with van der Waals surface area (Å²) in [5.74, 6) is -0.288. The molecule has 0 saturated heterocycles. The number of nitriles is 1. The maximum Gasteiger partial charge on any atom is 0.408 e. The van der Waals surface area contributed by atoms with Gasteiger partial charge in [0.15, 0.2) is 0 Å². The summed E-state index contributed by atoms with van der Waals surface area (Å²) in [6, 6.07) is 23.9. The Bertz CT molecular complexity index is 1560. The summed E-state index contributed by atoms with van der Waals surface area (Å²) in [7, 11) is 0. The topological polar surface area (TPSA) is 112 Å². The van der Waals surface area contributed by atoms with Crippen molar-refractivity contribution in [3.05, 3.63) is 84.1 Å². The van der Waals surface area contributed by atoms with E-state index < -0.39 is 17.7 Å². The van der Waals surface area contributed by atoms with Crippen LogP contribution < -0.4 is 15.5 Å². The molecule has 192 valence electrons. The van der Waals surface area contributed by atoms with E-state index in [0.717, 1.165) is 16.6 Å². The van der Waals surface area contributed by atoms with Gasteiger partial charge in [-0.2, -0.15) is 10.4 Å². The summed E-state index contributed by atoms with van der Waals surface area (Å²) in [6.07, 6.45) is -0.661. The minimum atomic E-state index is -0.857. The lowest BCUT2D eigenvalue weighted by Crippen LogP contribution is -2.51. The van der Waals surface area contributed by atoms with Crippen LogP contribution in [0.3, 0.4) is 0 Å². The third-order valence-corrected chi connectivity index (χ3v) is 6.17. The highest BCUT2D eigenvalue weighted by Gasteiger charge is 2.33. The normalized spacial score (nSPS) is 15.3. The molecule has 0 fully saturated rings. The quantitative estimate of drug-likeness (QED) is 0.411. The molecule has 0 aliphatic carbocycles. The molecule has 38 heavy (non-hydrogen) atoms. The van der Waals surface area contributed by atoms with Gasteiger partial charge in [0.2, 0.25) is 0 Å². The Hall–Kier alpha value is -4.84. The van der Waals surface area contributed by atoms with Gasteiger partial charge >= 0.3 is 6.09 Å². The Balaban J connectivity index is 1.55. The molecule has 2 heterocycles. The van der Waals surface area contributed by atoms with Gasteiger partial charge < -0.3 is 20.3 Å². The van der Waals surface area contributed by atoms with Crippen molar-refractivity contribution in [1.29, 1.82) is 5.26 Å². The fraction of sp³-hybridized carbons (Fsp3) is 0.241. The van der Waals surface area contributed by atoms with Crippen LogP contribution in [-0.4, -0.2) is 40.0 Å². The average Bonchev–Trinajstić information content (AvgIpc) is 3.20. The molecule has 1 aliphatic heterocycles. The lowest BCUT2D eigenvalue weighted by atomic mass is 10.1. The van der Waals surface area contributed by atoms with Gasteiger partial charge in [0.1, 0.15) is 17.7 Å². The predicted molar refractivity (Wildman–Crippen MR) is 145 cm³/mol. The number of para-hydroxylation sites is 4. The van der Waals surface area contributed by atoms with E-state index in [0.29, 0.717) is 22.6 Å². The van der Waals surface area contributed by atoms with E-state index >= 15 is 0 Å². The van der Waals surface area contributed by atoms with Gasteiger partial charge in [-0.25, -0.2) is 9.48 Å². The number of carbonyl (C=O) groups is 2. The molecule has 0 spiro atoms. The van der Waals surface area contributed by atoms with Crippen LogP contribution in [0, 0.1) is 11.3 Å². The number of nitrogens with one attached hydrogen (secondary N) is 2. The average molecular weight is 509 g/mol. The van der Waals surface area contributed by atoms with Crippen molar-refractivity contribution in [3.63, 3.8) is 0 Å². The minimum absolute atomic E-state index is 0.159. The van der Waals surface area contributed by atoms with Crippen molar-refractivity contribution in [3.8, 4) is 11.8 Å². The number of anilines is 2. The molecule has 0 bridgehead atoms. The van der Waals surface area contributed by atoms with Gasteiger partial charge in [-0.3, -0.25) is 4.79 Å². The van der Waals surface area contributed by atoms with Gasteiger partial charge in [0.05, 0.1) is 40.4 Å². The molecule has 2 amide bonds. The molecule has 5 rings (SSSR count). The molecule has 1 atom stereocenters. The van der Waals surface area contributed by atoms with Crippen LogP contribution in [0.4, 0.5) is 16.2 Å². The molecule has 9 nitrogen and oxygen atoms in total. The minimum Gasteiger partial charge on any atom is -0.444 e. The van der Waals surface area contributed by atoms with E-state index in [-0.39, 0.29) is 19.0 Å². The molecule has 1 aromatic heterocycles. The van der Waals surface area contributed by atoms with E-state index in [1.54, 1.807) is 36.4 Å². The van der Waals surface area contributed by atoms with E-state index in [1.165, 1.54) is 0 Å². The fourth-order valence-corrected chi connectivity index (χ4v) is 4.52. The molecule has 2 N–H and O–H groups in total. The molecule has 9 heteroatoms. The first-order valence-corrected chi connectivity index (χ1v) is 12.3. The highest BCUT2D eigenvalue weighted by molar-refractivity contribution is 6.03. The first-order valence-electron chi connectivity index (χ1n) is 12.3.